The number of nitriles is 2. The highest BCUT2D eigenvalue weighted by molar-refractivity contribution is 9.10. The maximum absolute atomic E-state index is 12.2. The van der Waals surface area contributed by atoms with E-state index in [1.165, 1.54) is 11.2 Å². The summed E-state index contributed by atoms with van der Waals surface area (Å²) in [4.78, 5) is 21.6. The van der Waals surface area contributed by atoms with E-state index in [-0.39, 0.29) is 30.4 Å². The Labute approximate surface area is 152 Å². The first kappa shape index (κ1) is 18.0. The summed E-state index contributed by atoms with van der Waals surface area (Å²) in [5.74, 6) is -0.0000307. The highest BCUT2D eigenvalue weighted by Gasteiger charge is 2.16. The van der Waals surface area contributed by atoms with Crippen LogP contribution in [-0.4, -0.2) is 29.0 Å². The molecule has 25 heavy (non-hydrogen) atoms. The topological polar surface area (TPSA) is 144 Å². The lowest BCUT2D eigenvalue weighted by Crippen LogP contribution is -2.31. The quantitative estimate of drug-likeness (QED) is 0.487. The number of nitrogens with zero attached hydrogens (tertiary/aromatic N) is 5. The average Bonchev–Trinajstić information content (AvgIpc) is 2.61. The number of nitrogens with two attached hydrogens (primary N) is 1. The van der Waals surface area contributed by atoms with E-state index in [2.05, 4.69) is 36.7 Å². The first-order valence-electron chi connectivity index (χ1n) is 6.98. The number of benzene rings is 1. The fourth-order valence-corrected chi connectivity index (χ4v) is 2.41. The van der Waals surface area contributed by atoms with E-state index in [4.69, 9.17) is 16.3 Å². The van der Waals surface area contributed by atoms with Crippen LogP contribution in [0.1, 0.15) is 10.4 Å². The van der Waals surface area contributed by atoms with Crippen LogP contribution in [0.5, 0.6) is 0 Å². The van der Waals surface area contributed by atoms with Crippen LogP contribution in [0.2, 0.25) is 0 Å². The zero-order valence-electron chi connectivity index (χ0n) is 12.9. The highest BCUT2D eigenvalue weighted by atomic mass is 79.9. The Morgan fingerprint density at radius 1 is 1.24 bits per heavy atom. The largest absolute Gasteiger partial charge is 0.393 e. The number of hydrogen-bond acceptors (Lipinski definition) is 8. The van der Waals surface area contributed by atoms with Gasteiger partial charge in [-0.25, -0.2) is 9.97 Å². The van der Waals surface area contributed by atoms with Crippen LogP contribution >= 0.6 is 15.9 Å². The number of carbonyl (C=O) groups is 1. The Morgan fingerprint density at radius 2 is 1.92 bits per heavy atom. The minimum atomic E-state index is -0.391. The third kappa shape index (κ3) is 4.34. The summed E-state index contributed by atoms with van der Waals surface area (Å²) in [6, 6.07) is 10.8. The predicted octanol–water partition coefficient (Wildman–Crippen LogP) is 1.43. The molecule has 0 saturated heterocycles. The molecular formula is C15H13BrN8O. The van der Waals surface area contributed by atoms with E-state index in [9.17, 15) is 4.79 Å². The number of rotatable bonds is 6. The van der Waals surface area contributed by atoms with Crippen molar-refractivity contribution in [3.05, 3.63) is 40.6 Å². The molecule has 0 aliphatic heterocycles. The third-order valence-corrected chi connectivity index (χ3v) is 3.79. The minimum Gasteiger partial charge on any atom is -0.393 e. The number of anilines is 3. The Bertz CT molecular complexity index is 841. The molecule has 1 aromatic carbocycles. The summed E-state index contributed by atoms with van der Waals surface area (Å²) in [5, 5.41) is 17.7. The molecule has 0 saturated carbocycles. The first-order valence-corrected chi connectivity index (χ1v) is 7.78. The van der Waals surface area contributed by atoms with Crippen molar-refractivity contribution in [2.45, 2.75) is 0 Å². The SMILES string of the molecule is N#CCN(CC#N)c1ncnc(NNC(=O)c2ccccc2Br)c1N. The monoisotopic (exact) mass is 400 g/mol. The normalized spacial score (nSPS) is 9.56. The molecule has 0 bridgehead atoms. The Hall–Kier alpha value is -3.37. The van der Waals surface area contributed by atoms with Gasteiger partial charge in [-0.3, -0.25) is 15.6 Å². The first-order chi connectivity index (χ1) is 12.1. The standard InChI is InChI=1S/C15H13BrN8O/c16-11-4-2-1-3-10(11)15(25)23-22-13-12(19)14(21-9-20-13)24(7-5-17)8-6-18/h1-4,9H,7-8,19H2,(H,23,25)(H,20,21,22). The van der Waals surface area contributed by atoms with E-state index in [1.54, 1.807) is 24.3 Å². The predicted molar refractivity (Wildman–Crippen MR) is 95.1 cm³/mol. The molecule has 0 aliphatic carbocycles. The number of hydrazine groups is 1. The molecule has 126 valence electrons. The van der Waals surface area contributed by atoms with Gasteiger partial charge in [0.15, 0.2) is 11.6 Å². The number of amides is 1. The van der Waals surface area contributed by atoms with Gasteiger partial charge in [0.25, 0.3) is 5.91 Å². The van der Waals surface area contributed by atoms with E-state index >= 15 is 0 Å². The van der Waals surface area contributed by atoms with E-state index in [0.717, 1.165) is 0 Å². The molecule has 2 rings (SSSR count). The van der Waals surface area contributed by atoms with Crippen LogP contribution in [0.3, 0.4) is 0 Å². The van der Waals surface area contributed by atoms with Crippen molar-refractivity contribution in [2.75, 3.05) is 29.1 Å². The summed E-state index contributed by atoms with van der Waals surface area (Å²) in [6.45, 7) is -0.116. The van der Waals surface area contributed by atoms with E-state index in [1.807, 2.05) is 12.1 Å². The summed E-state index contributed by atoms with van der Waals surface area (Å²) in [7, 11) is 0. The zero-order chi connectivity index (χ0) is 18.2. The molecule has 0 fully saturated rings. The van der Waals surface area contributed by atoms with Gasteiger partial charge in [-0.15, -0.1) is 0 Å². The van der Waals surface area contributed by atoms with Gasteiger partial charge in [0.05, 0.1) is 17.7 Å². The van der Waals surface area contributed by atoms with Gasteiger partial charge in [-0.1, -0.05) is 12.1 Å². The molecule has 10 heteroatoms. The maximum atomic E-state index is 12.2. The Kier molecular flexibility index (Phi) is 6.09. The van der Waals surface area contributed by atoms with Gasteiger partial charge in [-0.05, 0) is 28.1 Å². The minimum absolute atomic E-state index is 0.0580. The zero-order valence-corrected chi connectivity index (χ0v) is 14.5. The summed E-state index contributed by atoms with van der Waals surface area (Å²) >= 11 is 3.30. The lowest BCUT2D eigenvalue weighted by Gasteiger charge is -2.20. The summed E-state index contributed by atoms with van der Waals surface area (Å²) in [6.07, 6.45) is 1.22. The fraction of sp³-hybridized carbons (Fsp3) is 0.133. The Balaban J connectivity index is 2.17. The smallest absolute Gasteiger partial charge is 0.270 e. The Morgan fingerprint density at radius 3 is 2.56 bits per heavy atom. The fourth-order valence-electron chi connectivity index (χ4n) is 1.94. The number of carbonyl (C=O) groups excluding carboxylic acids is 1. The van der Waals surface area contributed by atoms with Crippen molar-refractivity contribution in [1.29, 1.82) is 10.5 Å². The molecule has 0 aliphatic rings. The molecule has 0 unspecified atom stereocenters. The van der Waals surface area contributed by atoms with Crippen LogP contribution in [0.25, 0.3) is 0 Å². The van der Waals surface area contributed by atoms with Crippen LogP contribution in [0.4, 0.5) is 17.3 Å². The van der Waals surface area contributed by atoms with Crippen molar-refractivity contribution < 1.29 is 4.79 Å². The molecule has 0 spiro atoms. The second-order valence-corrected chi connectivity index (χ2v) is 5.55. The number of hydrogen-bond donors (Lipinski definition) is 3. The number of aromatic nitrogens is 2. The van der Waals surface area contributed by atoms with Crippen molar-refractivity contribution in [2.24, 2.45) is 0 Å². The molecule has 0 atom stereocenters. The van der Waals surface area contributed by atoms with Crippen molar-refractivity contribution in [3.63, 3.8) is 0 Å². The average molecular weight is 401 g/mol. The lowest BCUT2D eigenvalue weighted by atomic mass is 10.2. The second kappa shape index (κ2) is 8.47. The number of nitrogen functional groups attached to an aromatic ring is 1. The second-order valence-electron chi connectivity index (χ2n) is 4.69. The van der Waals surface area contributed by atoms with Gasteiger partial charge in [0.1, 0.15) is 25.1 Å². The molecule has 1 heterocycles. The van der Waals surface area contributed by atoms with Gasteiger partial charge >= 0.3 is 0 Å². The molecule has 0 radical (unpaired) electrons. The van der Waals surface area contributed by atoms with Gasteiger partial charge in [0.2, 0.25) is 0 Å². The number of halogens is 1. The number of nitrogens with one attached hydrogen (secondary N) is 2. The van der Waals surface area contributed by atoms with Crippen LogP contribution in [0, 0.1) is 22.7 Å². The van der Waals surface area contributed by atoms with Crippen LogP contribution < -0.4 is 21.5 Å². The lowest BCUT2D eigenvalue weighted by molar-refractivity contribution is 0.0962. The summed E-state index contributed by atoms with van der Waals surface area (Å²) in [5.41, 5.74) is 11.6. The van der Waals surface area contributed by atoms with Crippen LogP contribution in [-0.2, 0) is 0 Å². The van der Waals surface area contributed by atoms with E-state index < -0.39 is 5.91 Å². The summed E-state index contributed by atoms with van der Waals surface area (Å²) < 4.78 is 0.639. The van der Waals surface area contributed by atoms with Gasteiger partial charge in [0, 0.05) is 4.47 Å². The molecule has 1 amide bonds. The third-order valence-electron chi connectivity index (χ3n) is 3.10. The maximum Gasteiger partial charge on any atom is 0.270 e. The molecule has 2 aromatic rings. The van der Waals surface area contributed by atoms with Crippen molar-refractivity contribution >= 4 is 39.2 Å². The van der Waals surface area contributed by atoms with Crippen LogP contribution in [0.15, 0.2) is 35.1 Å². The van der Waals surface area contributed by atoms with Gasteiger partial charge < -0.3 is 10.6 Å². The van der Waals surface area contributed by atoms with Crippen molar-refractivity contribution in [1.82, 2.24) is 15.4 Å². The van der Waals surface area contributed by atoms with Crippen molar-refractivity contribution in [3.8, 4) is 12.1 Å². The molecule has 9 nitrogen and oxygen atoms in total. The highest BCUT2D eigenvalue weighted by Crippen LogP contribution is 2.25. The molecule has 4 N–H and O–H groups in total. The van der Waals surface area contributed by atoms with E-state index in [0.29, 0.717) is 10.0 Å². The molecular weight excluding hydrogens is 388 g/mol. The molecule has 1 aromatic heterocycles. The van der Waals surface area contributed by atoms with Gasteiger partial charge in [-0.2, -0.15) is 10.5 Å².